The first-order valence-corrected chi connectivity index (χ1v) is 2.41. The van der Waals surface area contributed by atoms with Gasteiger partial charge in [0.25, 0.3) is 0 Å². The number of imidazole rings is 1. The summed E-state index contributed by atoms with van der Waals surface area (Å²) in [6.45, 7) is 0. The van der Waals surface area contributed by atoms with E-state index in [2.05, 4.69) is 14.7 Å². The molecule has 0 aliphatic heterocycles. The standard InChI is InChI=1S/C5H6N2O2.2BrH/c1-9-5(8)4-2-6-3-7-4;;/h2-3H,1H3,(H,6,7);2*1H. The molecule has 64 valence electrons. The molecule has 1 rings (SSSR count). The second-order valence-corrected chi connectivity index (χ2v) is 1.46. The third-order valence-electron chi connectivity index (χ3n) is 0.904. The van der Waals surface area contributed by atoms with Crippen molar-refractivity contribution in [2.75, 3.05) is 7.11 Å². The van der Waals surface area contributed by atoms with Crippen LogP contribution in [-0.4, -0.2) is 23.0 Å². The predicted molar refractivity (Wildman–Crippen MR) is 50.6 cm³/mol. The lowest BCUT2D eigenvalue weighted by atomic mass is 10.5. The van der Waals surface area contributed by atoms with E-state index in [0.29, 0.717) is 5.69 Å². The number of aromatic nitrogens is 2. The van der Waals surface area contributed by atoms with Gasteiger partial charge in [0.15, 0.2) is 0 Å². The van der Waals surface area contributed by atoms with Gasteiger partial charge in [-0.1, -0.05) is 0 Å². The first-order chi connectivity index (χ1) is 4.34. The van der Waals surface area contributed by atoms with Crippen LogP contribution in [0.3, 0.4) is 0 Å². The van der Waals surface area contributed by atoms with Gasteiger partial charge in [-0.05, 0) is 0 Å². The topological polar surface area (TPSA) is 55.0 Å². The molecule has 0 aliphatic carbocycles. The van der Waals surface area contributed by atoms with E-state index in [1.165, 1.54) is 19.6 Å². The van der Waals surface area contributed by atoms with Gasteiger partial charge >= 0.3 is 5.97 Å². The third-order valence-corrected chi connectivity index (χ3v) is 0.904. The molecule has 0 aliphatic rings. The molecule has 1 N–H and O–H groups in total. The molecule has 0 spiro atoms. The molecule has 11 heavy (non-hydrogen) atoms. The molecule has 0 bridgehead atoms. The van der Waals surface area contributed by atoms with E-state index in [4.69, 9.17) is 0 Å². The number of hydrogen-bond acceptors (Lipinski definition) is 3. The highest BCUT2D eigenvalue weighted by molar-refractivity contribution is 8.93. The Kier molecular flexibility index (Phi) is 7.65. The van der Waals surface area contributed by atoms with Gasteiger partial charge in [0, 0.05) is 0 Å². The fourth-order valence-electron chi connectivity index (χ4n) is 0.477. The summed E-state index contributed by atoms with van der Waals surface area (Å²) < 4.78 is 4.38. The number of aromatic amines is 1. The van der Waals surface area contributed by atoms with Crippen molar-refractivity contribution in [1.82, 2.24) is 9.97 Å². The Morgan fingerprint density at radius 1 is 1.64 bits per heavy atom. The van der Waals surface area contributed by atoms with Crippen molar-refractivity contribution in [3.05, 3.63) is 18.2 Å². The summed E-state index contributed by atoms with van der Waals surface area (Å²) in [4.78, 5) is 16.8. The van der Waals surface area contributed by atoms with Crippen molar-refractivity contribution in [3.8, 4) is 0 Å². The van der Waals surface area contributed by atoms with Crippen molar-refractivity contribution in [2.45, 2.75) is 0 Å². The number of esters is 1. The van der Waals surface area contributed by atoms with Gasteiger partial charge in [0.1, 0.15) is 5.69 Å². The van der Waals surface area contributed by atoms with Crippen LogP contribution in [0.2, 0.25) is 0 Å². The van der Waals surface area contributed by atoms with E-state index < -0.39 is 5.97 Å². The second-order valence-electron chi connectivity index (χ2n) is 1.46. The number of halogens is 2. The highest BCUT2D eigenvalue weighted by Gasteiger charge is 2.03. The molecule has 0 aromatic carbocycles. The Morgan fingerprint density at radius 3 is 2.64 bits per heavy atom. The number of nitrogens with zero attached hydrogens (tertiary/aromatic N) is 1. The van der Waals surface area contributed by atoms with Gasteiger partial charge in [-0.2, -0.15) is 0 Å². The van der Waals surface area contributed by atoms with Crippen LogP contribution in [0.5, 0.6) is 0 Å². The van der Waals surface area contributed by atoms with Crippen molar-refractivity contribution in [3.63, 3.8) is 0 Å². The van der Waals surface area contributed by atoms with Crippen LogP contribution in [0.4, 0.5) is 0 Å². The lowest BCUT2D eigenvalue weighted by molar-refractivity contribution is 0.0594. The van der Waals surface area contributed by atoms with Crippen LogP contribution in [0, 0.1) is 0 Å². The SMILES string of the molecule is Br.Br.COC(=O)c1cnc[nH]1. The molecule has 1 aromatic heterocycles. The maximum atomic E-state index is 10.6. The summed E-state index contributed by atoms with van der Waals surface area (Å²) in [7, 11) is 1.32. The van der Waals surface area contributed by atoms with E-state index in [9.17, 15) is 4.79 Å². The smallest absolute Gasteiger partial charge is 0.356 e. The second kappa shape index (κ2) is 6.36. The molecule has 0 saturated carbocycles. The molecular formula is C5H8Br2N2O2. The van der Waals surface area contributed by atoms with E-state index in [1.54, 1.807) is 0 Å². The highest BCUT2D eigenvalue weighted by atomic mass is 79.9. The fourth-order valence-corrected chi connectivity index (χ4v) is 0.477. The summed E-state index contributed by atoms with van der Waals surface area (Å²) in [5.74, 6) is -0.396. The Hall–Kier alpha value is -0.360. The summed E-state index contributed by atoms with van der Waals surface area (Å²) >= 11 is 0. The zero-order valence-corrected chi connectivity index (χ0v) is 9.16. The van der Waals surface area contributed by atoms with Crippen LogP contribution < -0.4 is 0 Å². The molecule has 0 saturated heterocycles. The lowest BCUT2D eigenvalue weighted by Gasteiger charge is -1.90. The molecule has 0 atom stereocenters. The normalized spacial score (nSPS) is 7.36. The lowest BCUT2D eigenvalue weighted by Crippen LogP contribution is -2.00. The quantitative estimate of drug-likeness (QED) is 0.794. The van der Waals surface area contributed by atoms with E-state index in [-0.39, 0.29) is 34.0 Å². The summed E-state index contributed by atoms with van der Waals surface area (Å²) in [5.41, 5.74) is 0.373. The predicted octanol–water partition coefficient (Wildman–Crippen LogP) is 1.35. The summed E-state index contributed by atoms with van der Waals surface area (Å²) in [5, 5.41) is 0. The van der Waals surface area contributed by atoms with Crippen LogP contribution >= 0.6 is 34.0 Å². The van der Waals surface area contributed by atoms with Gasteiger partial charge in [-0.3, -0.25) is 0 Å². The zero-order chi connectivity index (χ0) is 6.69. The van der Waals surface area contributed by atoms with Crippen LogP contribution in [0.15, 0.2) is 12.5 Å². The fraction of sp³-hybridized carbons (Fsp3) is 0.200. The van der Waals surface area contributed by atoms with Crippen LogP contribution in [0.1, 0.15) is 10.5 Å². The number of ether oxygens (including phenoxy) is 1. The molecule has 0 fully saturated rings. The molecule has 6 heteroatoms. The molecule has 0 unspecified atom stereocenters. The van der Waals surface area contributed by atoms with E-state index >= 15 is 0 Å². The number of carbonyl (C=O) groups excluding carboxylic acids is 1. The summed E-state index contributed by atoms with van der Waals surface area (Å²) in [6.07, 6.45) is 2.83. The number of H-pyrrole nitrogens is 1. The Bertz CT molecular complexity index is 200. The first kappa shape index (κ1) is 13.2. The third kappa shape index (κ3) is 3.52. The maximum absolute atomic E-state index is 10.6. The monoisotopic (exact) mass is 286 g/mol. The van der Waals surface area contributed by atoms with Crippen LogP contribution in [0.25, 0.3) is 0 Å². The van der Waals surface area contributed by atoms with Gasteiger partial charge in [0.2, 0.25) is 0 Å². The van der Waals surface area contributed by atoms with Crippen molar-refractivity contribution in [2.24, 2.45) is 0 Å². The number of rotatable bonds is 1. The minimum absolute atomic E-state index is 0. The average Bonchev–Trinajstić information content (AvgIpc) is 2.37. The molecule has 0 radical (unpaired) electrons. The van der Waals surface area contributed by atoms with Crippen molar-refractivity contribution >= 4 is 39.9 Å². The molecule has 1 aromatic rings. The van der Waals surface area contributed by atoms with Crippen molar-refractivity contribution in [1.29, 1.82) is 0 Å². The van der Waals surface area contributed by atoms with Gasteiger partial charge in [-0.15, -0.1) is 34.0 Å². The maximum Gasteiger partial charge on any atom is 0.356 e. The Labute approximate surface area is 84.9 Å². The first-order valence-electron chi connectivity index (χ1n) is 2.41. The number of nitrogens with one attached hydrogen (secondary N) is 1. The number of methoxy groups -OCH3 is 1. The van der Waals surface area contributed by atoms with E-state index in [1.807, 2.05) is 0 Å². The highest BCUT2D eigenvalue weighted by Crippen LogP contribution is 1.91. The van der Waals surface area contributed by atoms with Gasteiger partial charge in [0.05, 0.1) is 19.6 Å². The van der Waals surface area contributed by atoms with E-state index in [0.717, 1.165) is 0 Å². The number of hydrogen-bond donors (Lipinski definition) is 1. The zero-order valence-electron chi connectivity index (χ0n) is 5.73. The Morgan fingerprint density at radius 2 is 2.27 bits per heavy atom. The summed E-state index contributed by atoms with van der Waals surface area (Å²) in [6, 6.07) is 0. The Balaban J connectivity index is 0. The molecule has 0 amide bonds. The minimum Gasteiger partial charge on any atom is -0.464 e. The number of carbonyl (C=O) groups is 1. The average molecular weight is 288 g/mol. The van der Waals surface area contributed by atoms with Gasteiger partial charge < -0.3 is 9.72 Å². The molecular weight excluding hydrogens is 280 g/mol. The minimum atomic E-state index is -0.396. The van der Waals surface area contributed by atoms with Gasteiger partial charge in [-0.25, -0.2) is 9.78 Å². The molecule has 4 nitrogen and oxygen atoms in total. The largest absolute Gasteiger partial charge is 0.464 e. The molecule has 1 heterocycles. The van der Waals surface area contributed by atoms with Crippen LogP contribution in [-0.2, 0) is 4.74 Å². The van der Waals surface area contributed by atoms with Crippen molar-refractivity contribution < 1.29 is 9.53 Å².